The van der Waals surface area contributed by atoms with Gasteiger partial charge in [-0.1, -0.05) is 24.3 Å². The number of hydrogen-bond acceptors (Lipinski definition) is 4. The standard InChI is InChI=1S/C22H22N2O4/c25-21(23-10-7-17-4-1-2-5-18(17)14-23)8-11-24(15-20-6-3-12-28-20)22(26)19-9-13-27-16-19/h1-6,9,12-13,16H,7-8,10-11,14-15H2. The van der Waals surface area contributed by atoms with E-state index in [1.165, 1.54) is 23.7 Å². The largest absolute Gasteiger partial charge is 0.472 e. The predicted molar refractivity (Wildman–Crippen MR) is 102 cm³/mol. The van der Waals surface area contributed by atoms with Crippen molar-refractivity contribution in [3.8, 4) is 0 Å². The number of carbonyl (C=O) groups is 2. The zero-order chi connectivity index (χ0) is 19.3. The molecule has 0 spiro atoms. The van der Waals surface area contributed by atoms with Gasteiger partial charge in [-0.15, -0.1) is 0 Å². The second kappa shape index (κ2) is 8.17. The third-order valence-corrected chi connectivity index (χ3v) is 5.06. The molecule has 6 heteroatoms. The van der Waals surface area contributed by atoms with Gasteiger partial charge >= 0.3 is 0 Å². The minimum Gasteiger partial charge on any atom is -0.472 e. The Morgan fingerprint density at radius 1 is 1.04 bits per heavy atom. The third kappa shape index (κ3) is 4.01. The van der Waals surface area contributed by atoms with Crippen LogP contribution in [-0.2, 0) is 24.3 Å². The molecule has 1 aliphatic heterocycles. The van der Waals surface area contributed by atoms with Crippen molar-refractivity contribution >= 4 is 11.8 Å². The first-order chi connectivity index (χ1) is 13.7. The molecule has 0 saturated carbocycles. The normalized spacial score (nSPS) is 13.2. The van der Waals surface area contributed by atoms with Gasteiger partial charge in [-0.2, -0.15) is 0 Å². The molecule has 0 N–H and O–H groups in total. The Labute approximate surface area is 163 Å². The number of benzene rings is 1. The summed E-state index contributed by atoms with van der Waals surface area (Å²) in [5.41, 5.74) is 2.97. The number of furan rings is 2. The zero-order valence-electron chi connectivity index (χ0n) is 15.5. The first-order valence-electron chi connectivity index (χ1n) is 9.39. The van der Waals surface area contributed by atoms with Crippen LogP contribution >= 0.6 is 0 Å². The van der Waals surface area contributed by atoms with Crippen LogP contribution in [0.3, 0.4) is 0 Å². The molecule has 6 nitrogen and oxygen atoms in total. The fourth-order valence-corrected chi connectivity index (χ4v) is 3.51. The molecule has 0 unspecified atom stereocenters. The van der Waals surface area contributed by atoms with Gasteiger partial charge in [-0.05, 0) is 35.7 Å². The van der Waals surface area contributed by atoms with Gasteiger partial charge in [0.25, 0.3) is 5.91 Å². The van der Waals surface area contributed by atoms with Crippen molar-refractivity contribution < 1.29 is 18.4 Å². The van der Waals surface area contributed by atoms with Crippen LogP contribution in [-0.4, -0.2) is 34.7 Å². The summed E-state index contributed by atoms with van der Waals surface area (Å²) in [4.78, 5) is 29.0. The second-order valence-corrected chi connectivity index (χ2v) is 6.90. The van der Waals surface area contributed by atoms with Crippen LogP contribution in [0.25, 0.3) is 0 Å². The molecular formula is C22H22N2O4. The maximum Gasteiger partial charge on any atom is 0.257 e. The quantitative estimate of drug-likeness (QED) is 0.659. The van der Waals surface area contributed by atoms with Crippen molar-refractivity contribution in [3.05, 3.63) is 83.7 Å². The topological polar surface area (TPSA) is 66.9 Å². The maximum atomic E-state index is 12.8. The van der Waals surface area contributed by atoms with E-state index in [9.17, 15) is 9.59 Å². The van der Waals surface area contributed by atoms with Crippen LogP contribution in [0.15, 0.2) is 70.1 Å². The summed E-state index contributed by atoms with van der Waals surface area (Å²) in [5.74, 6) is 0.553. The number of amides is 2. The highest BCUT2D eigenvalue weighted by Crippen LogP contribution is 2.19. The zero-order valence-corrected chi connectivity index (χ0v) is 15.5. The molecule has 0 aliphatic carbocycles. The number of nitrogens with zero attached hydrogens (tertiary/aromatic N) is 2. The molecule has 0 radical (unpaired) electrons. The highest BCUT2D eigenvalue weighted by Gasteiger charge is 2.23. The van der Waals surface area contributed by atoms with E-state index in [0.29, 0.717) is 37.5 Å². The van der Waals surface area contributed by atoms with Gasteiger partial charge in [-0.3, -0.25) is 9.59 Å². The lowest BCUT2D eigenvalue weighted by molar-refractivity contribution is -0.132. The predicted octanol–water partition coefficient (Wildman–Crippen LogP) is 3.49. The van der Waals surface area contributed by atoms with Gasteiger partial charge in [0.05, 0.1) is 24.6 Å². The molecule has 2 amide bonds. The Morgan fingerprint density at radius 3 is 2.64 bits per heavy atom. The Bertz CT molecular complexity index is 931. The van der Waals surface area contributed by atoms with Crippen molar-refractivity contribution in [1.29, 1.82) is 0 Å². The minimum atomic E-state index is -0.179. The van der Waals surface area contributed by atoms with Crippen LogP contribution in [0.2, 0.25) is 0 Å². The lowest BCUT2D eigenvalue weighted by atomic mass is 10.00. The lowest BCUT2D eigenvalue weighted by Gasteiger charge is -2.30. The van der Waals surface area contributed by atoms with Gasteiger partial charge in [0.15, 0.2) is 0 Å². The fraction of sp³-hybridized carbons (Fsp3) is 0.273. The number of rotatable bonds is 6. The third-order valence-electron chi connectivity index (χ3n) is 5.06. The van der Waals surface area contributed by atoms with Crippen LogP contribution in [0.4, 0.5) is 0 Å². The molecule has 2 aromatic heterocycles. The van der Waals surface area contributed by atoms with Crippen molar-refractivity contribution in [1.82, 2.24) is 9.80 Å². The first-order valence-corrected chi connectivity index (χ1v) is 9.39. The molecule has 28 heavy (non-hydrogen) atoms. The summed E-state index contributed by atoms with van der Waals surface area (Å²) in [6.45, 7) is 1.97. The van der Waals surface area contributed by atoms with Gasteiger partial charge in [0.2, 0.25) is 5.91 Å². The molecule has 0 fully saturated rings. The summed E-state index contributed by atoms with van der Waals surface area (Å²) >= 11 is 0. The smallest absolute Gasteiger partial charge is 0.257 e. The second-order valence-electron chi connectivity index (χ2n) is 6.90. The highest BCUT2D eigenvalue weighted by molar-refractivity contribution is 5.94. The van der Waals surface area contributed by atoms with Gasteiger partial charge in [0.1, 0.15) is 12.0 Å². The molecule has 3 heterocycles. The molecule has 3 aromatic rings. The molecule has 1 aromatic carbocycles. The Kier molecular flexibility index (Phi) is 5.28. The monoisotopic (exact) mass is 378 g/mol. The molecule has 0 saturated heterocycles. The summed E-state index contributed by atoms with van der Waals surface area (Å²) in [6, 6.07) is 13.4. The minimum absolute atomic E-state index is 0.0546. The first kappa shape index (κ1) is 18.1. The molecule has 144 valence electrons. The molecule has 0 atom stereocenters. The van der Waals surface area contributed by atoms with Crippen molar-refractivity contribution in [2.75, 3.05) is 13.1 Å². The van der Waals surface area contributed by atoms with E-state index in [1.807, 2.05) is 23.1 Å². The van der Waals surface area contributed by atoms with Crippen molar-refractivity contribution in [2.24, 2.45) is 0 Å². The molecular weight excluding hydrogens is 356 g/mol. The average molecular weight is 378 g/mol. The van der Waals surface area contributed by atoms with Crippen molar-refractivity contribution in [2.45, 2.75) is 25.9 Å². The summed E-state index contributed by atoms with van der Waals surface area (Å²) in [5, 5.41) is 0. The Hall–Kier alpha value is -3.28. The van der Waals surface area contributed by atoms with E-state index in [0.717, 1.165) is 6.42 Å². The number of carbonyl (C=O) groups excluding carboxylic acids is 2. The lowest BCUT2D eigenvalue weighted by Crippen LogP contribution is -2.39. The summed E-state index contributed by atoms with van der Waals surface area (Å²) in [7, 11) is 0. The van der Waals surface area contributed by atoms with Gasteiger partial charge in [0, 0.05) is 26.1 Å². The van der Waals surface area contributed by atoms with Gasteiger partial charge < -0.3 is 18.6 Å². The number of hydrogen-bond donors (Lipinski definition) is 0. The van der Waals surface area contributed by atoms with E-state index in [4.69, 9.17) is 8.83 Å². The molecule has 1 aliphatic rings. The van der Waals surface area contributed by atoms with Gasteiger partial charge in [-0.25, -0.2) is 0 Å². The number of fused-ring (bicyclic) bond motifs is 1. The summed E-state index contributed by atoms with van der Waals surface area (Å²) < 4.78 is 10.4. The Morgan fingerprint density at radius 2 is 1.89 bits per heavy atom. The van der Waals surface area contributed by atoms with E-state index < -0.39 is 0 Å². The van der Waals surface area contributed by atoms with Crippen molar-refractivity contribution in [3.63, 3.8) is 0 Å². The van der Waals surface area contributed by atoms with E-state index in [2.05, 4.69) is 12.1 Å². The van der Waals surface area contributed by atoms with Crippen LogP contribution in [0, 0.1) is 0 Å². The highest BCUT2D eigenvalue weighted by atomic mass is 16.3. The molecule has 0 bridgehead atoms. The van der Waals surface area contributed by atoms with Crippen LogP contribution in [0.1, 0.15) is 33.7 Å². The average Bonchev–Trinajstić information content (AvgIpc) is 3.44. The van der Waals surface area contributed by atoms with E-state index >= 15 is 0 Å². The van der Waals surface area contributed by atoms with E-state index in [1.54, 1.807) is 23.3 Å². The van der Waals surface area contributed by atoms with Crippen LogP contribution < -0.4 is 0 Å². The van der Waals surface area contributed by atoms with Crippen LogP contribution in [0.5, 0.6) is 0 Å². The Balaban J connectivity index is 1.41. The SMILES string of the molecule is O=C(CCN(Cc1ccco1)C(=O)c1ccoc1)N1CCc2ccccc2C1. The summed E-state index contributed by atoms with van der Waals surface area (Å²) in [6.07, 6.45) is 5.60. The molecule has 4 rings (SSSR count). The maximum absolute atomic E-state index is 12.8. The van der Waals surface area contributed by atoms with E-state index in [-0.39, 0.29) is 18.2 Å². The fourth-order valence-electron chi connectivity index (χ4n) is 3.51.